The fraction of sp³-hybridized carbons (Fsp3) is 0.389. The zero-order valence-electron chi connectivity index (χ0n) is 14.3. The van der Waals surface area contributed by atoms with E-state index >= 15 is 0 Å². The number of aryl methyl sites for hydroxylation is 2. The number of hydrogen-bond acceptors (Lipinski definition) is 4. The van der Waals surface area contributed by atoms with Crippen molar-refractivity contribution in [2.75, 3.05) is 18.4 Å². The Morgan fingerprint density at radius 3 is 2.39 bits per heavy atom. The minimum atomic E-state index is -0.0841. The number of hydrogen-bond donors (Lipinski definition) is 1. The summed E-state index contributed by atoms with van der Waals surface area (Å²) < 4.78 is 0. The van der Waals surface area contributed by atoms with Crippen LogP contribution in [0.3, 0.4) is 0 Å². The molecule has 0 aliphatic carbocycles. The number of aromatic nitrogens is 2. The fourth-order valence-electron chi connectivity index (χ4n) is 2.52. The molecule has 0 radical (unpaired) electrons. The van der Waals surface area contributed by atoms with Crippen molar-refractivity contribution >= 4 is 17.4 Å². The molecule has 0 bridgehead atoms. The minimum absolute atomic E-state index is 0.0841. The van der Waals surface area contributed by atoms with Crippen molar-refractivity contribution in [3.05, 3.63) is 47.2 Å². The van der Waals surface area contributed by atoms with Gasteiger partial charge in [-0.2, -0.15) is 0 Å². The van der Waals surface area contributed by atoms with Gasteiger partial charge in [0.25, 0.3) is 5.91 Å². The lowest BCUT2D eigenvalue weighted by molar-refractivity contribution is 0.0766. The van der Waals surface area contributed by atoms with Gasteiger partial charge in [0.2, 0.25) is 0 Å². The molecule has 0 atom stereocenters. The van der Waals surface area contributed by atoms with Crippen molar-refractivity contribution in [2.24, 2.45) is 0 Å². The molecule has 1 aromatic carbocycles. The number of anilines is 2. The highest BCUT2D eigenvalue weighted by Crippen LogP contribution is 2.24. The molecule has 1 amide bonds. The third-order valence-corrected chi connectivity index (χ3v) is 3.93. The predicted octanol–water partition coefficient (Wildman–Crippen LogP) is 3.57. The van der Waals surface area contributed by atoms with E-state index in [9.17, 15) is 4.79 Å². The maximum atomic E-state index is 12.2. The Hall–Kier alpha value is -2.43. The zero-order valence-corrected chi connectivity index (χ0v) is 14.3. The van der Waals surface area contributed by atoms with Crippen molar-refractivity contribution in [1.82, 2.24) is 15.1 Å². The third-order valence-electron chi connectivity index (χ3n) is 3.93. The molecule has 1 heterocycles. The minimum Gasteiger partial charge on any atom is -0.338 e. The summed E-state index contributed by atoms with van der Waals surface area (Å²) in [6.45, 7) is 9.43. The standard InChI is InChI=1S/C18H24N4O/c1-5-14-10-8-9-13(4)17(14)19-16-12-11-15(20-21-16)18(23)22(6-2)7-3/h8-12H,5-7H2,1-4H3,(H,19,21). The highest BCUT2D eigenvalue weighted by molar-refractivity contribution is 5.92. The van der Waals surface area contributed by atoms with E-state index in [4.69, 9.17) is 0 Å². The quantitative estimate of drug-likeness (QED) is 0.886. The van der Waals surface area contributed by atoms with Crippen LogP contribution in [0.15, 0.2) is 30.3 Å². The topological polar surface area (TPSA) is 58.1 Å². The number of rotatable bonds is 6. The van der Waals surface area contributed by atoms with E-state index in [1.165, 1.54) is 5.56 Å². The van der Waals surface area contributed by atoms with Crippen LogP contribution in [-0.2, 0) is 6.42 Å². The molecule has 1 aromatic heterocycles. The van der Waals surface area contributed by atoms with Gasteiger partial charge in [-0.15, -0.1) is 10.2 Å². The van der Waals surface area contributed by atoms with E-state index in [0.29, 0.717) is 24.6 Å². The molecular formula is C18H24N4O. The summed E-state index contributed by atoms with van der Waals surface area (Å²) in [4.78, 5) is 14.0. The van der Waals surface area contributed by atoms with Gasteiger partial charge in [0, 0.05) is 18.8 Å². The second-order valence-electron chi connectivity index (χ2n) is 5.37. The first-order valence-corrected chi connectivity index (χ1v) is 8.09. The van der Waals surface area contributed by atoms with Gasteiger partial charge in [0.1, 0.15) is 0 Å². The molecule has 23 heavy (non-hydrogen) atoms. The number of benzene rings is 1. The van der Waals surface area contributed by atoms with E-state index < -0.39 is 0 Å². The molecule has 122 valence electrons. The monoisotopic (exact) mass is 312 g/mol. The van der Waals surface area contributed by atoms with Crippen LogP contribution in [-0.4, -0.2) is 34.1 Å². The predicted molar refractivity (Wildman–Crippen MR) is 93.1 cm³/mol. The fourth-order valence-corrected chi connectivity index (χ4v) is 2.52. The highest BCUT2D eigenvalue weighted by atomic mass is 16.2. The molecule has 0 spiro atoms. The number of para-hydroxylation sites is 1. The van der Waals surface area contributed by atoms with E-state index in [2.05, 4.69) is 47.6 Å². The highest BCUT2D eigenvalue weighted by Gasteiger charge is 2.14. The lowest BCUT2D eigenvalue weighted by Crippen LogP contribution is -2.31. The van der Waals surface area contributed by atoms with E-state index in [1.807, 2.05) is 13.8 Å². The summed E-state index contributed by atoms with van der Waals surface area (Å²) in [5.74, 6) is 0.560. The molecule has 2 aromatic rings. The lowest BCUT2D eigenvalue weighted by Gasteiger charge is -2.18. The van der Waals surface area contributed by atoms with Crippen molar-refractivity contribution in [3.63, 3.8) is 0 Å². The van der Waals surface area contributed by atoms with Gasteiger partial charge >= 0.3 is 0 Å². The van der Waals surface area contributed by atoms with Crippen molar-refractivity contribution in [1.29, 1.82) is 0 Å². The lowest BCUT2D eigenvalue weighted by atomic mass is 10.1. The second-order valence-corrected chi connectivity index (χ2v) is 5.37. The van der Waals surface area contributed by atoms with Crippen LogP contribution in [0.4, 0.5) is 11.5 Å². The maximum absolute atomic E-state index is 12.2. The molecule has 5 nitrogen and oxygen atoms in total. The summed E-state index contributed by atoms with van der Waals surface area (Å²) in [6.07, 6.45) is 0.940. The number of carbonyl (C=O) groups is 1. The van der Waals surface area contributed by atoms with Crippen LogP contribution < -0.4 is 5.32 Å². The molecule has 0 aliphatic heterocycles. The number of nitrogens with one attached hydrogen (secondary N) is 1. The normalized spacial score (nSPS) is 10.4. The van der Waals surface area contributed by atoms with Crippen LogP contribution in [0.1, 0.15) is 42.4 Å². The van der Waals surface area contributed by atoms with E-state index in [0.717, 1.165) is 17.7 Å². The van der Waals surface area contributed by atoms with Gasteiger partial charge < -0.3 is 10.2 Å². The first kappa shape index (κ1) is 16.9. The Kier molecular flexibility index (Phi) is 5.68. The first-order chi connectivity index (χ1) is 11.1. The Morgan fingerprint density at radius 2 is 1.83 bits per heavy atom. The van der Waals surface area contributed by atoms with Crippen LogP contribution in [0.5, 0.6) is 0 Å². The summed E-state index contributed by atoms with van der Waals surface area (Å²) in [5.41, 5.74) is 3.83. The van der Waals surface area contributed by atoms with Gasteiger partial charge in [-0.25, -0.2) is 0 Å². The summed E-state index contributed by atoms with van der Waals surface area (Å²) in [7, 11) is 0. The number of carbonyl (C=O) groups excluding carboxylic acids is 1. The number of amides is 1. The maximum Gasteiger partial charge on any atom is 0.274 e. The Balaban J connectivity index is 2.20. The molecule has 5 heteroatoms. The summed E-state index contributed by atoms with van der Waals surface area (Å²) in [5, 5.41) is 11.5. The van der Waals surface area contributed by atoms with Crippen molar-refractivity contribution < 1.29 is 4.79 Å². The average molecular weight is 312 g/mol. The smallest absolute Gasteiger partial charge is 0.274 e. The second kappa shape index (κ2) is 7.72. The third kappa shape index (κ3) is 3.86. The average Bonchev–Trinajstić information content (AvgIpc) is 2.58. The largest absolute Gasteiger partial charge is 0.338 e. The van der Waals surface area contributed by atoms with Crippen LogP contribution >= 0.6 is 0 Å². The first-order valence-electron chi connectivity index (χ1n) is 8.09. The molecule has 0 saturated heterocycles. The Bertz CT molecular complexity index is 663. The molecule has 0 saturated carbocycles. The SMILES string of the molecule is CCc1cccc(C)c1Nc1ccc(C(=O)N(CC)CC)nn1. The molecular weight excluding hydrogens is 288 g/mol. The Morgan fingerprint density at radius 1 is 1.09 bits per heavy atom. The Labute approximate surface area is 137 Å². The van der Waals surface area contributed by atoms with Crippen LogP contribution in [0.25, 0.3) is 0 Å². The van der Waals surface area contributed by atoms with Crippen LogP contribution in [0, 0.1) is 6.92 Å². The molecule has 1 N–H and O–H groups in total. The van der Waals surface area contributed by atoms with E-state index in [-0.39, 0.29) is 5.91 Å². The number of nitrogens with zero attached hydrogens (tertiary/aromatic N) is 3. The summed E-state index contributed by atoms with van der Waals surface area (Å²) in [6, 6.07) is 9.74. The summed E-state index contributed by atoms with van der Waals surface area (Å²) >= 11 is 0. The van der Waals surface area contributed by atoms with Gasteiger partial charge in [-0.1, -0.05) is 25.1 Å². The van der Waals surface area contributed by atoms with Gasteiger partial charge in [0.15, 0.2) is 11.5 Å². The van der Waals surface area contributed by atoms with Gasteiger partial charge in [0.05, 0.1) is 0 Å². The van der Waals surface area contributed by atoms with E-state index in [1.54, 1.807) is 17.0 Å². The zero-order chi connectivity index (χ0) is 16.8. The van der Waals surface area contributed by atoms with Crippen LogP contribution in [0.2, 0.25) is 0 Å². The van der Waals surface area contributed by atoms with Crippen molar-refractivity contribution in [3.8, 4) is 0 Å². The van der Waals surface area contributed by atoms with Gasteiger partial charge in [-0.3, -0.25) is 4.79 Å². The molecule has 0 aliphatic rings. The molecule has 0 unspecified atom stereocenters. The molecule has 2 rings (SSSR count). The molecule has 0 fully saturated rings. The van der Waals surface area contributed by atoms with Gasteiger partial charge in [-0.05, 0) is 50.5 Å². The van der Waals surface area contributed by atoms with Crippen molar-refractivity contribution in [2.45, 2.75) is 34.1 Å².